The third-order valence-corrected chi connectivity index (χ3v) is 4.14. The van der Waals surface area contributed by atoms with Crippen LogP contribution in [0.1, 0.15) is 13.3 Å². The smallest absolute Gasteiger partial charge is 0.215 e. The van der Waals surface area contributed by atoms with Crippen LogP contribution in [-0.4, -0.2) is 70.7 Å². The first-order valence-corrected chi connectivity index (χ1v) is 7.32. The van der Waals surface area contributed by atoms with E-state index in [1.807, 2.05) is 25.9 Å². The molecule has 0 saturated carbocycles. The average molecular weight is 251 g/mol. The Hall–Kier alpha value is -0.170. The molecule has 0 atom stereocenters. The molecule has 0 aromatic rings. The molecule has 1 N–H and O–H groups in total. The van der Waals surface area contributed by atoms with Crippen molar-refractivity contribution >= 4 is 10.0 Å². The van der Waals surface area contributed by atoms with Crippen LogP contribution in [0, 0.1) is 0 Å². The molecule has 0 aromatic carbocycles. The molecule has 0 rings (SSSR count). The van der Waals surface area contributed by atoms with Crippen LogP contribution < -0.4 is 5.32 Å². The summed E-state index contributed by atoms with van der Waals surface area (Å²) in [6.45, 7) is 4.45. The number of nitrogens with zero attached hydrogens (tertiary/aromatic N) is 2. The maximum atomic E-state index is 12.0. The third-order valence-electron chi connectivity index (χ3n) is 2.27. The molecule has 0 radical (unpaired) electrons. The molecule has 5 nitrogen and oxygen atoms in total. The number of rotatable bonds is 9. The Morgan fingerprint density at radius 1 is 1.12 bits per heavy atom. The van der Waals surface area contributed by atoms with Gasteiger partial charge in [0.2, 0.25) is 10.0 Å². The highest BCUT2D eigenvalue weighted by atomic mass is 32.2. The summed E-state index contributed by atoms with van der Waals surface area (Å²) in [5, 5.41) is 2.87. The fourth-order valence-corrected chi connectivity index (χ4v) is 2.85. The second-order valence-corrected chi connectivity index (χ2v) is 6.21. The number of sulfonamides is 1. The van der Waals surface area contributed by atoms with Crippen LogP contribution in [0.4, 0.5) is 0 Å². The SMILES string of the molecule is CCCN(CCN(C)C)S(=O)(=O)CCNC. The Morgan fingerprint density at radius 3 is 2.19 bits per heavy atom. The van der Waals surface area contributed by atoms with Crippen molar-refractivity contribution in [2.75, 3.05) is 53.1 Å². The van der Waals surface area contributed by atoms with Crippen LogP contribution in [0.3, 0.4) is 0 Å². The lowest BCUT2D eigenvalue weighted by Gasteiger charge is -2.23. The summed E-state index contributed by atoms with van der Waals surface area (Å²) in [5.41, 5.74) is 0. The summed E-state index contributed by atoms with van der Waals surface area (Å²) in [6.07, 6.45) is 0.853. The molecule has 0 aromatic heterocycles. The van der Waals surface area contributed by atoms with Gasteiger partial charge in [-0.3, -0.25) is 0 Å². The van der Waals surface area contributed by atoms with E-state index in [9.17, 15) is 8.42 Å². The highest BCUT2D eigenvalue weighted by molar-refractivity contribution is 7.89. The molecule has 0 amide bonds. The van der Waals surface area contributed by atoms with Crippen molar-refractivity contribution in [1.29, 1.82) is 0 Å². The van der Waals surface area contributed by atoms with E-state index in [1.165, 1.54) is 0 Å². The van der Waals surface area contributed by atoms with Gasteiger partial charge in [0.25, 0.3) is 0 Å². The molecule has 0 aliphatic carbocycles. The fourth-order valence-electron chi connectivity index (χ4n) is 1.31. The van der Waals surface area contributed by atoms with Crippen LogP contribution >= 0.6 is 0 Å². The van der Waals surface area contributed by atoms with E-state index >= 15 is 0 Å². The number of likely N-dealkylation sites (N-methyl/N-ethyl adjacent to an activating group) is 1. The summed E-state index contributed by atoms with van der Waals surface area (Å²) >= 11 is 0. The minimum absolute atomic E-state index is 0.178. The third kappa shape index (κ3) is 6.42. The van der Waals surface area contributed by atoms with Gasteiger partial charge in [-0.1, -0.05) is 6.92 Å². The zero-order chi connectivity index (χ0) is 12.6. The maximum Gasteiger partial charge on any atom is 0.215 e. The second kappa shape index (κ2) is 8.00. The van der Waals surface area contributed by atoms with Crippen LogP contribution in [0.2, 0.25) is 0 Å². The average Bonchev–Trinajstić information content (AvgIpc) is 2.20. The van der Waals surface area contributed by atoms with Crippen molar-refractivity contribution in [2.45, 2.75) is 13.3 Å². The lowest BCUT2D eigenvalue weighted by Crippen LogP contribution is -2.40. The van der Waals surface area contributed by atoms with Gasteiger partial charge in [-0.25, -0.2) is 12.7 Å². The molecule has 0 saturated heterocycles. The molecule has 16 heavy (non-hydrogen) atoms. The fraction of sp³-hybridized carbons (Fsp3) is 1.00. The topological polar surface area (TPSA) is 52.7 Å². The first-order valence-electron chi connectivity index (χ1n) is 5.71. The predicted molar refractivity (Wildman–Crippen MR) is 68.1 cm³/mol. The van der Waals surface area contributed by atoms with E-state index in [0.717, 1.165) is 13.0 Å². The first-order chi connectivity index (χ1) is 7.44. The van der Waals surface area contributed by atoms with E-state index in [-0.39, 0.29) is 5.75 Å². The minimum Gasteiger partial charge on any atom is -0.319 e. The molecule has 0 unspecified atom stereocenters. The van der Waals surface area contributed by atoms with Gasteiger partial charge in [-0.15, -0.1) is 0 Å². The summed E-state index contributed by atoms with van der Waals surface area (Å²) < 4.78 is 25.5. The summed E-state index contributed by atoms with van der Waals surface area (Å²) in [6, 6.07) is 0. The van der Waals surface area contributed by atoms with Crippen LogP contribution in [0.5, 0.6) is 0 Å². The van der Waals surface area contributed by atoms with E-state index in [1.54, 1.807) is 11.4 Å². The van der Waals surface area contributed by atoms with Gasteiger partial charge in [-0.2, -0.15) is 0 Å². The van der Waals surface area contributed by atoms with Gasteiger partial charge in [0.1, 0.15) is 0 Å². The van der Waals surface area contributed by atoms with E-state index in [2.05, 4.69) is 5.32 Å². The zero-order valence-corrected chi connectivity index (χ0v) is 11.7. The molecule has 0 spiro atoms. The molecule has 0 heterocycles. The summed E-state index contributed by atoms with van der Waals surface area (Å²) in [5.74, 6) is 0.178. The van der Waals surface area contributed by atoms with Crippen molar-refractivity contribution in [1.82, 2.24) is 14.5 Å². The zero-order valence-electron chi connectivity index (χ0n) is 10.9. The highest BCUT2D eigenvalue weighted by Crippen LogP contribution is 2.02. The quantitative estimate of drug-likeness (QED) is 0.617. The van der Waals surface area contributed by atoms with Crippen molar-refractivity contribution in [3.05, 3.63) is 0 Å². The van der Waals surface area contributed by atoms with Gasteiger partial charge in [0.05, 0.1) is 5.75 Å². The van der Waals surface area contributed by atoms with Crippen molar-refractivity contribution < 1.29 is 8.42 Å². The van der Waals surface area contributed by atoms with Crippen molar-refractivity contribution in [3.63, 3.8) is 0 Å². The van der Waals surface area contributed by atoms with Gasteiger partial charge in [0.15, 0.2) is 0 Å². The van der Waals surface area contributed by atoms with Gasteiger partial charge < -0.3 is 10.2 Å². The molecule has 0 aliphatic heterocycles. The van der Waals surface area contributed by atoms with Crippen LogP contribution in [0.15, 0.2) is 0 Å². The Bertz CT molecular complexity index is 265. The summed E-state index contributed by atoms with van der Waals surface area (Å²) in [7, 11) is 2.56. The Balaban J connectivity index is 4.37. The molecule has 0 fully saturated rings. The lowest BCUT2D eigenvalue weighted by molar-refractivity contribution is 0.333. The molecule has 0 aliphatic rings. The van der Waals surface area contributed by atoms with Crippen LogP contribution in [0.25, 0.3) is 0 Å². The molecule has 6 heteroatoms. The molecule has 98 valence electrons. The van der Waals surface area contributed by atoms with Crippen LogP contribution in [-0.2, 0) is 10.0 Å². The van der Waals surface area contributed by atoms with Crippen molar-refractivity contribution in [2.24, 2.45) is 0 Å². The normalized spacial score (nSPS) is 12.6. The predicted octanol–water partition coefficient (Wildman–Crippen LogP) is -0.191. The van der Waals surface area contributed by atoms with E-state index in [4.69, 9.17) is 0 Å². The van der Waals surface area contributed by atoms with E-state index < -0.39 is 10.0 Å². The minimum atomic E-state index is -3.10. The first kappa shape index (κ1) is 15.8. The Labute approximate surface area is 99.9 Å². The second-order valence-electron chi connectivity index (χ2n) is 4.12. The Kier molecular flexibility index (Phi) is 7.91. The van der Waals surface area contributed by atoms with E-state index in [0.29, 0.717) is 19.6 Å². The highest BCUT2D eigenvalue weighted by Gasteiger charge is 2.20. The monoisotopic (exact) mass is 251 g/mol. The lowest BCUT2D eigenvalue weighted by atomic mass is 10.4. The standard InChI is InChI=1S/C10H25N3O2S/c1-5-7-13(9-8-12(3)4)16(14,15)10-6-11-2/h11H,5-10H2,1-4H3. The van der Waals surface area contributed by atoms with Gasteiger partial charge in [0, 0.05) is 26.2 Å². The molecule has 0 bridgehead atoms. The van der Waals surface area contributed by atoms with Gasteiger partial charge in [-0.05, 0) is 27.6 Å². The van der Waals surface area contributed by atoms with Gasteiger partial charge >= 0.3 is 0 Å². The Morgan fingerprint density at radius 2 is 1.75 bits per heavy atom. The number of hydrogen-bond donors (Lipinski definition) is 1. The van der Waals surface area contributed by atoms with Crippen molar-refractivity contribution in [3.8, 4) is 0 Å². The number of nitrogens with one attached hydrogen (secondary N) is 1. The maximum absolute atomic E-state index is 12.0. The summed E-state index contributed by atoms with van der Waals surface area (Å²) in [4.78, 5) is 2.00. The largest absolute Gasteiger partial charge is 0.319 e. The molecular weight excluding hydrogens is 226 g/mol. The number of hydrogen-bond acceptors (Lipinski definition) is 4. The molecular formula is C10H25N3O2S.